The van der Waals surface area contributed by atoms with Crippen LogP contribution in [0.1, 0.15) is 54.6 Å². The monoisotopic (exact) mass is 356 g/mol. The Labute approximate surface area is 154 Å². The Morgan fingerprint density at radius 1 is 1.15 bits per heavy atom. The molecule has 2 aromatic rings. The first-order valence-electron chi connectivity index (χ1n) is 9.41. The third kappa shape index (κ3) is 3.83. The maximum Gasteiger partial charge on any atom is 0.287 e. The van der Waals surface area contributed by atoms with E-state index in [1.165, 1.54) is 31.7 Å². The van der Waals surface area contributed by atoms with Gasteiger partial charge >= 0.3 is 0 Å². The minimum Gasteiger partial charge on any atom is -0.451 e. The van der Waals surface area contributed by atoms with Crippen LogP contribution in [0, 0.1) is 6.92 Å². The smallest absolute Gasteiger partial charge is 0.287 e. The van der Waals surface area contributed by atoms with Gasteiger partial charge in [-0.3, -0.25) is 9.59 Å². The summed E-state index contributed by atoms with van der Waals surface area (Å²) in [4.78, 5) is 27.2. The number of hydrogen-bond donors (Lipinski definition) is 1. The largest absolute Gasteiger partial charge is 0.451 e. The molecule has 0 atom stereocenters. The Morgan fingerprint density at radius 2 is 1.85 bits per heavy atom. The predicted molar refractivity (Wildman–Crippen MR) is 104 cm³/mol. The third-order valence-electron chi connectivity index (χ3n) is 5.67. The maximum absolute atomic E-state index is 12.6. The molecule has 0 saturated heterocycles. The summed E-state index contributed by atoms with van der Waals surface area (Å²) in [6, 6.07) is 6.71. The molecule has 5 nitrogen and oxygen atoms in total. The zero-order valence-corrected chi connectivity index (χ0v) is 15.9. The van der Waals surface area contributed by atoms with Crippen molar-refractivity contribution in [3.05, 3.63) is 45.8 Å². The lowest BCUT2D eigenvalue weighted by atomic mass is 9.88. The molecule has 5 heteroatoms. The molecule has 1 aromatic carbocycles. The molecular weight excluding hydrogens is 328 g/mol. The molecule has 1 aliphatic rings. The fourth-order valence-corrected chi connectivity index (χ4v) is 3.88. The first-order valence-corrected chi connectivity index (χ1v) is 9.41. The topological polar surface area (TPSA) is 62.6 Å². The van der Waals surface area contributed by atoms with E-state index in [0.29, 0.717) is 17.5 Å². The van der Waals surface area contributed by atoms with E-state index in [1.807, 2.05) is 13.0 Å². The van der Waals surface area contributed by atoms with E-state index in [1.54, 1.807) is 12.1 Å². The molecule has 140 valence electrons. The van der Waals surface area contributed by atoms with Crippen LogP contribution in [0.2, 0.25) is 0 Å². The van der Waals surface area contributed by atoms with Gasteiger partial charge in [0, 0.05) is 18.2 Å². The summed E-state index contributed by atoms with van der Waals surface area (Å²) in [5.41, 5.74) is 1.23. The summed E-state index contributed by atoms with van der Waals surface area (Å²) in [7, 11) is 4.16. The van der Waals surface area contributed by atoms with Crippen molar-refractivity contribution in [2.24, 2.45) is 0 Å². The number of nitrogens with zero attached hydrogens (tertiary/aromatic N) is 1. The summed E-state index contributed by atoms with van der Waals surface area (Å²) in [6.07, 6.45) is 7.00. The van der Waals surface area contributed by atoms with Crippen molar-refractivity contribution in [3.63, 3.8) is 0 Å². The lowest BCUT2D eigenvalue weighted by Crippen LogP contribution is -2.52. The molecule has 1 amide bonds. The van der Waals surface area contributed by atoms with Crippen LogP contribution in [0.5, 0.6) is 0 Å². The third-order valence-corrected chi connectivity index (χ3v) is 5.67. The molecule has 1 aliphatic carbocycles. The van der Waals surface area contributed by atoms with Gasteiger partial charge in [-0.25, -0.2) is 0 Å². The first kappa shape index (κ1) is 18.6. The van der Waals surface area contributed by atoms with Crippen molar-refractivity contribution in [1.82, 2.24) is 10.2 Å². The van der Waals surface area contributed by atoms with Crippen LogP contribution in [-0.4, -0.2) is 37.0 Å². The average molecular weight is 356 g/mol. The van der Waals surface area contributed by atoms with Gasteiger partial charge in [-0.05, 0) is 46.0 Å². The molecule has 1 heterocycles. The summed E-state index contributed by atoms with van der Waals surface area (Å²) in [5, 5.41) is 3.52. The van der Waals surface area contributed by atoms with E-state index in [0.717, 1.165) is 18.4 Å². The van der Waals surface area contributed by atoms with Crippen LogP contribution in [-0.2, 0) is 0 Å². The molecule has 0 aliphatic heterocycles. The number of hydrogen-bond acceptors (Lipinski definition) is 4. The quantitative estimate of drug-likeness (QED) is 0.852. The summed E-state index contributed by atoms with van der Waals surface area (Å²) >= 11 is 0. The SMILES string of the molecule is Cc1ccc2oc(C(=O)NCC3(N(C)C)CCCCCC3)cc(=O)c2c1. The van der Waals surface area contributed by atoms with Crippen LogP contribution in [0.3, 0.4) is 0 Å². The van der Waals surface area contributed by atoms with Crippen molar-refractivity contribution in [2.45, 2.75) is 51.0 Å². The highest BCUT2D eigenvalue weighted by atomic mass is 16.3. The van der Waals surface area contributed by atoms with Gasteiger partial charge in [-0.1, -0.05) is 37.3 Å². The minimum absolute atomic E-state index is 0.0274. The molecule has 1 fully saturated rings. The molecule has 1 N–H and O–H groups in total. The lowest BCUT2D eigenvalue weighted by molar-refractivity contribution is 0.0844. The highest BCUT2D eigenvalue weighted by molar-refractivity contribution is 5.93. The van der Waals surface area contributed by atoms with E-state index in [-0.39, 0.29) is 22.6 Å². The highest BCUT2D eigenvalue weighted by Gasteiger charge is 2.33. The van der Waals surface area contributed by atoms with Crippen molar-refractivity contribution in [2.75, 3.05) is 20.6 Å². The number of benzene rings is 1. The lowest BCUT2D eigenvalue weighted by Gasteiger charge is -2.39. The van der Waals surface area contributed by atoms with Gasteiger partial charge in [0.15, 0.2) is 11.2 Å². The highest BCUT2D eigenvalue weighted by Crippen LogP contribution is 2.30. The van der Waals surface area contributed by atoms with Crippen molar-refractivity contribution < 1.29 is 9.21 Å². The van der Waals surface area contributed by atoms with Crippen LogP contribution < -0.4 is 10.7 Å². The summed E-state index contributed by atoms with van der Waals surface area (Å²) in [5.74, 6) is -0.246. The summed E-state index contributed by atoms with van der Waals surface area (Å²) in [6.45, 7) is 2.49. The average Bonchev–Trinajstić information content (AvgIpc) is 2.87. The normalized spacial score (nSPS) is 17.2. The zero-order valence-electron chi connectivity index (χ0n) is 15.9. The zero-order chi connectivity index (χ0) is 18.7. The Kier molecular flexibility index (Phi) is 5.47. The van der Waals surface area contributed by atoms with Crippen LogP contribution in [0.15, 0.2) is 33.5 Å². The number of carbonyl (C=O) groups is 1. The van der Waals surface area contributed by atoms with E-state index in [2.05, 4.69) is 24.3 Å². The van der Waals surface area contributed by atoms with Crippen LogP contribution in [0.4, 0.5) is 0 Å². The number of aryl methyl sites for hydroxylation is 1. The number of likely N-dealkylation sites (N-methyl/N-ethyl adjacent to an activating group) is 1. The van der Waals surface area contributed by atoms with E-state index in [4.69, 9.17) is 4.42 Å². The van der Waals surface area contributed by atoms with E-state index >= 15 is 0 Å². The molecule has 0 radical (unpaired) electrons. The number of carbonyl (C=O) groups excluding carboxylic acids is 1. The van der Waals surface area contributed by atoms with Gasteiger partial charge in [-0.2, -0.15) is 0 Å². The predicted octanol–water partition coefficient (Wildman–Crippen LogP) is 3.49. The number of amides is 1. The van der Waals surface area contributed by atoms with Gasteiger partial charge in [0.2, 0.25) is 0 Å². The Hall–Kier alpha value is -2.14. The first-order chi connectivity index (χ1) is 12.4. The number of rotatable bonds is 4. The van der Waals surface area contributed by atoms with Gasteiger partial charge in [-0.15, -0.1) is 0 Å². The van der Waals surface area contributed by atoms with Crippen molar-refractivity contribution in [1.29, 1.82) is 0 Å². The maximum atomic E-state index is 12.6. The molecular formula is C21H28N2O3. The second kappa shape index (κ2) is 7.62. The molecule has 1 aromatic heterocycles. The molecule has 26 heavy (non-hydrogen) atoms. The van der Waals surface area contributed by atoms with E-state index in [9.17, 15) is 9.59 Å². The number of fused-ring (bicyclic) bond motifs is 1. The molecule has 0 unspecified atom stereocenters. The Balaban J connectivity index is 1.80. The van der Waals surface area contributed by atoms with E-state index < -0.39 is 0 Å². The standard InChI is InChI=1S/C21H28N2O3/c1-15-8-9-18-16(12-15)17(24)13-19(26-18)20(25)22-14-21(23(2)3)10-6-4-5-7-11-21/h8-9,12-13H,4-7,10-11,14H2,1-3H3,(H,22,25). The molecule has 3 rings (SSSR count). The van der Waals surface area contributed by atoms with Gasteiger partial charge in [0.25, 0.3) is 5.91 Å². The van der Waals surface area contributed by atoms with Gasteiger partial charge in [0.1, 0.15) is 5.58 Å². The van der Waals surface area contributed by atoms with Gasteiger partial charge in [0.05, 0.1) is 5.39 Å². The second-order valence-corrected chi connectivity index (χ2v) is 7.69. The molecule has 0 spiro atoms. The fourth-order valence-electron chi connectivity index (χ4n) is 3.88. The second-order valence-electron chi connectivity index (χ2n) is 7.69. The molecule has 1 saturated carbocycles. The van der Waals surface area contributed by atoms with Crippen molar-refractivity contribution in [3.8, 4) is 0 Å². The van der Waals surface area contributed by atoms with Crippen LogP contribution in [0.25, 0.3) is 11.0 Å². The van der Waals surface area contributed by atoms with Crippen molar-refractivity contribution >= 4 is 16.9 Å². The summed E-state index contributed by atoms with van der Waals surface area (Å²) < 4.78 is 5.69. The Morgan fingerprint density at radius 3 is 2.50 bits per heavy atom. The Bertz CT molecular complexity index is 846. The molecule has 0 bridgehead atoms. The fraction of sp³-hybridized carbons (Fsp3) is 0.524. The number of nitrogens with one attached hydrogen (secondary N) is 1. The van der Waals surface area contributed by atoms with Gasteiger partial charge < -0.3 is 14.6 Å². The van der Waals surface area contributed by atoms with Crippen LogP contribution >= 0.6 is 0 Å². The minimum atomic E-state index is -0.324.